The minimum Gasteiger partial charge on any atom is -0.508 e. The molecular weight excluding hydrogens is 300 g/mol. The Morgan fingerprint density at radius 3 is 2.73 bits per heavy atom. The summed E-state index contributed by atoms with van der Waals surface area (Å²) in [4.78, 5) is 15.1. The maximum Gasteiger partial charge on any atom is 0.251 e. The average molecular weight is 315 g/mol. The van der Waals surface area contributed by atoms with Gasteiger partial charge in [0.25, 0.3) is 5.91 Å². The van der Waals surface area contributed by atoms with Crippen LogP contribution in [0.5, 0.6) is 5.75 Å². The van der Waals surface area contributed by atoms with E-state index in [-0.39, 0.29) is 11.7 Å². The third-order valence-electron chi connectivity index (χ3n) is 3.54. The number of fused-ring (bicyclic) bond motifs is 1. The Balaban J connectivity index is 1.62. The smallest absolute Gasteiger partial charge is 0.251 e. The van der Waals surface area contributed by atoms with Gasteiger partial charge in [-0.05, 0) is 48.4 Å². The lowest BCUT2D eigenvalue weighted by molar-refractivity contribution is 0.0954. The number of phenolic OH excluding ortho intramolecular Hbond substituents is 1. The molecule has 0 aliphatic rings. The molecule has 0 radical (unpaired) electrons. The molecule has 1 heterocycles. The molecule has 4 nitrogen and oxygen atoms in total. The molecule has 0 atom stereocenters. The number of halogens is 1. The van der Waals surface area contributed by atoms with Crippen molar-refractivity contribution in [3.63, 3.8) is 0 Å². The van der Waals surface area contributed by atoms with Crippen molar-refractivity contribution in [2.24, 2.45) is 0 Å². The predicted molar refractivity (Wildman–Crippen MR) is 87.5 cm³/mol. The van der Waals surface area contributed by atoms with Crippen molar-refractivity contribution < 1.29 is 9.90 Å². The van der Waals surface area contributed by atoms with E-state index in [1.165, 1.54) is 0 Å². The Kier molecular flexibility index (Phi) is 4.02. The van der Waals surface area contributed by atoms with E-state index in [4.69, 9.17) is 11.6 Å². The Labute approximate surface area is 132 Å². The lowest BCUT2D eigenvalue weighted by Gasteiger charge is -2.05. The normalized spacial score (nSPS) is 10.8. The average Bonchev–Trinajstić information content (AvgIpc) is 2.90. The van der Waals surface area contributed by atoms with Crippen LogP contribution in [-0.4, -0.2) is 22.5 Å². The first-order chi connectivity index (χ1) is 10.6. The van der Waals surface area contributed by atoms with Gasteiger partial charge in [-0.3, -0.25) is 4.79 Å². The highest BCUT2D eigenvalue weighted by molar-refractivity contribution is 6.30. The molecular formula is C17H15ClN2O2. The molecule has 22 heavy (non-hydrogen) atoms. The third-order valence-corrected chi connectivity index (χ3v) is 3.79. The van der Waals surface area contributed by atoms with Gasteiger partial charge in [0.2, 0.25) is 0 Å². The van der Waals surface area contributed by atoms with E-state index in [1.54, 1.807) is 36.4 Å². The van der Waals surface area contributed by atoms with Gasteiger partial charge in [0.1, 0.15) is 5.75 Å². The molecule has 0 bridgehead atoms. The number of carbonyl (C=O) groups excluding carboxylic acids is 1. The van der Waals surface area contributed by atoms with Crippen LogP contribution in [0.25, 0.3) is 10.9 Å². The number of H-pyrrole nitrogens is 1. The first-order valence-electron chi connectivity index (χ1n) is 6.96. The highest BCUT2D eigenvalue weighted by Crippen LogP contribution is 2.22. The van der Waals surface area contributed by atoms with Gasteiger partial charge in [0.15, 0.2) is 0 Å². The SMILES string of the molecule is O=C(NCCc1c[nH]c2cc(O)ccc12)c1ccc(Cl)cc1. The molecule has 2 aromatic carbocycles. The molecule has 3 N–H and O–H groups in total. The van der Waals surface area contributed by atoms with Gasteiger partial charge >= 0.3 is 0 Å². The molecule has 0 aliphatic carbocycles. The van der Waals surface area contributed by atoms with Crippen molar-refractivity contribution in [2.75, 3.05) is 6.54 Å². The fourth-order valence-electron chi connectivity index (χ4n) is 2.40. The summed E-state index contributed by atoms with van der Waals surface area (Å²) in [5, 5.41) is 14.0. The second-order valence-corrected chi connectivity index (χ2v) is 5.49. The molecule has 5 heteroatoms. The van der Waals surface area contributed by atoms with Crippen molar-refractivity contribution in [3.05, 3.63) is 64.8 Å². The van der Waals surface area contributed by atoms with Gasteiger partial charge in [-0.15, -0.1) is 0 Å². The Hall–Kier alpha value is -2.46. The Morgan fingerprint density at radius 1 is 1.18 bits per heavy atom. The number of hydrogen-bond donors (Lipinski definition) is 3. The number of aromatic amines is 1. The third kappa shape index (κ3) is 3.07. The molecule has 112 valence electrons. The van der Waals surface area contributed by atoms with Crippen molar-refractivity contribution >= 4 is 28.4 Å². The molecule has 0 fully saturated rings. The molecule has 0 unspecified atom stereocenters. The quantitative estimate of drug-likeness (QED) is 0.690. The number of benzene rings is 2. The molecule has 0 saturated heterocycles. The first kappa shape index (κ1) is 14.5. The van der Waals surface area contributed by atoms with Crippen molar-refractivity contribution in [1.82, 2.24) is 10.3 Å². The highest BCUT2D eigenvalue weighted by atomic mass is 35.5. The summed E-state index contributed by atoms with van der Waals surface area (Å²) in [5.74, 6) is 0.117. The van der Waals surface area contributed by atoms with Crippen LogP contribution in [-0.2, 0) is 6.42 Å². The topological polar surface area (TPSA) is 65.1 Å². The molecule has 0 saturated carbocycles. The van der Waals surface area contributed by atoms with Gasteiger partial charge in [0.05, 0.1) is 0 Å². The van der Waals surface area contributed by atoms with Crippen LogP contribution in [0.15, 0.2) is 48.7 Å². The minimum atomic E-state index is -0.117. The molecule has 0 spiro atoms. The summed E-state index contributed by atoms with van der Waals surface area (Å²) in [6.45, 7) is 0.537. The highest BCUT2D eigenvalue weighted by Gasteiger charge is 2.07. The summed E-state index contributed by atoms with van der Waals surface area (Å²) in [6, 6.07) is 12.0. The standard InChI is InChI=1S/C17H15ClN2O2/c18-13-3-1-11(2-4-13)17(22)19-8-7-12-10-20-16-9-14(21)5-6-15(12)16/h1-6,9-10,20-21H,7-8H2,(H,19,22). The zero-order valence-electron chi connectivity index (χ0n) is 11.8. The van der Waals surface area contributed by atoms with Gasteiger partial charge in [-0.2, -0.15) is 0 Å². The van der Waals surface area contributed by atoms with Crippen molar-refractivity contribution in [1.29, 1.82) is 0 Å². The van der Waals surface area contributed by atoms with Crippen LogP contribution in [0.3, 0.4) is 0 Å². The fourth-order valence-corrected chi connectivity index (χ4v) is 2.52. The van der Waals surface area contributed by atoms with E-state index in [2.05, 4.69) is 10.3 Å². The lowest BCUT2D eigenvalue weighted by atomic mass is 10.1. The lowest BCUT2D eigenvalue weighted by Crippen LogP contribution is -2.25. The monoisotopic (exact) mass is 314 g/mol. The fraction of sp³-hybridized carbons (Fsp3) is 0.118. The summed E-state index contributed by atoms with van der Waals surface area (Å²) in [5.41, 5.74) is 2.58. The molecule has 3 aromatic rings. The van der Waals surface area contributed by atoms with Crippen LogP contribution >= 0.6 is 11.6 Å². The van der Waals surface area contributed by atoms with E-state index < -0.39 is 0 Å². The molecule has 1 aromatic heterocycles. The zero-order valence-corrected chi connectivity index (χ0v) is 12.5. The number of aromatic nitrogens is 1. The molecule has 3 rings (SSSR count). The van der Waals surface area contributed by atoms with Gasteiger partial charge < -0.3 is 15.4 Å². The molecule has 1 amide bonds. The minimum absolute atomic E-state index is 0.117. The van der Waals surface area contributed by atoms with Crippen molar-refractivity contribution in [2.45, 2.75) is 6.42 Å². The zero-order chi connectivity index (χ0) is 15.5. The van der Waals surface area contributed by atoms with E-state index in [0.717, 1.165) is 16.5 Å². The van der Waals surface area contributed by atoms with E-state index in [1.807, 2.05) is 12.3 Å². The summed E-state index contributed by atoms with van der Waals surface area (Å²) >= 11 is 5.80. The van der Waals surface area contributed by atoms with Crippen LogP contribution < -0.4 is 5.32 Å². The van der Waals surface area contributed by atoms with E-state index in [0.29, 0.717) is 23.6 Å². The number of phenols is 1. The maximum atomic E-state index is 12.0. The first-order valence-corrected chi connectivity index (χ1v) is 7.34. The number of aromatic hydroxyl groups is 1. The van der Waals surface area contributed by atoms with Crippen LogP contribution in [0.4, 0.5) is 0 Å². The van der Waals surface area contributed by atoms with E-state index in [9.17, 15) is 9.90 Å². The number of hydrogen-bond acceptors (Lipinski definition) is 2. The van der Waals surface area contributed by atoms with Gasteiger partial charge in [-0.1, -0.05) is 11.6 Å². The summed E-state index contributed by atoms with van der Waals surface area (Å²) in [7, 11) is 0. The Morgan fingerprint density at radius 2 is 1.95 bits per heavy atom. The number of amides is 1. The van der Waals surface area contributed by atoms with E-state index >= 15 is 0 Å². The van der Waals surface area contributed by atoms with Gasteiger partial charge in [-0.25, -0.2) is 0 Å². The predicted octanol–water partition coefficient (Wildman–Crippen LogP) is 3.50. The number of nitrogens with one attached hydrogen (secondary N) is 2. The second kappa shape index (κ2) is 6.12. The van der Waals surface area contributed by atoms with Crippen molar-refractivity contribution in [3.8, 4) is 5.75 Å². The second-order valence-electron chi connectivity index (χ2n) is 5.06. The van der Waals surface area contributed by atoms with Gasteiger partial charge in [0, 0.05) is 40.3 Å². The van der Waals surface area contributed by atoms with Crippen LogP contribution in [0, 0.1) is 0 Å². The van der Waals surface area contributed by atoms with Crippen LogP contribution in [0.1, 0.15) is 15.9 Å². The molecule has 0 aliphatic heterocycles. The number of carbonyl (C=O) groups is 1. The number of rotatable bonds is 4. The maximum absolute atomic E-state index is 12.0. The van der Waals surface area contributed by atoms with Crippen LogP contribution in [0.2, 0.25) is 5.02 Å². The summed E-state index contributed by atoms with van der Waals surface area (Å²) in [6.07, 6.45) is 2.61. The largest absolute Gasteiger partial charge is 0.508 e. The summed E-state index contributed by atoms with van der Waals surface area (Å²) < 4.78 is 0. The Bertz CT molecular complexity index is 809.